The topological polar surface area (TPSA) is 66.4 Å². The van der Waals surface area contributed by atoms with Crippen LogP contribution in [0.3, 0.4) is 0 Å². The van der Waals surface area contributed by atoms with E-state index in [0.29, 0.717) is 0 Å². The van der Waals surface area contributed by atoms with E-state index in [2.05, 4.69) is 21.2 Å². The van der Waals surface area contributed by atoms with E-state index < -0.39 is 12.0 Å². The number of rotatable bonds is 4. The predicted octanol–water partition coefficient (Wildman–Crippen LogP) is 1.89. The summed E-state index contributed by atoms with van der Waals surface area (Å²) >= 11 is 3.38. The Morgan fingerprint density at radius 1 is 1.47 bits per heavy atom. The zero-order chi connectivity index (χ0) is 13.0. The first-order chi connectivity index (χ1) is 7.90. The summed E-state index contributed by atoms with van der Waals surface area (Å²) in [6.07, 6.45) is 0.281. The van der Waals surface area contributed by atoms with Crippen LogP contribution in [0.15, 0.2) is 22.7 Å². The molecular weight excluding hydrogens is 286 g/mol. The predicted molar refractivity (Wildman–Crippen MR) is 67.8 cm³/mol. The number of hydrogen-bond donors (Lipinski definition) is 2. The third-order valence-electron chi connectivity index (χ3n) is 2.34. The number of nitrogens with one attached hydrogen (secondary N) is 1. The highest BCUT2D eigenvalue weighted by atomic mass is 79.9. The van der Waals surface area contributed by atoms with Crippen LogP contribution < -0.4 is 5.32 Å². The molecule has 0 fully saturated rings. The lowest BCUT2D eigenvalue weighted by molar-refractivity contribution is -0.141. The molecule has 2 N–H and O–H groups in total. The van der Waals surface area contributed by atoms with Gasteiger partial charge in [-0.25, -0.2) is 4.79 Å². The van der Waals surface area contributed by atoms with Crippen molar-refractivity contribution in [3.63, 3.8) is 0 Å². The van der Waals surface area contributed by atoms with E-state index in [-0.39, 0.29) is 12.3 Å². The smallest absolute Gasteiger partial charge is 0.326 e. The van der Waals surface area contributed by atoms with Crippen molar-refractivity contribution in [3.05, 3.63) is 33.8 Å². The number of carboxylic acid groups (broad SMARTS) is 1. The molecule has 0 aromatic heterocycles. The monoisotopic (exact) mass is 299 g/mol. The summed E-state index contributed by atoms with van der Waals surface area (Å²) in [7, 11) is 0. The van der Waals surface area contributed by atoms with Crippen molar-refractivity contribution >= 4 is 27.8 Å². The van der Waals surface area contributed by atoms with Crippen molar-refractivity contribution in [3.8, 4) is 0 Å². The van der Waals surface area contributed by atoms with Gasteiger partial charge in [-0.05, 0) is 24.1 Å². The number of aryl methyl sites for hydroxylation is 1. The molecule has 1 rings (SSSR count). The molecule has 0 aliphatic heterocycles. The maximum absolute atomic E-state index is 11.0. The van der Waals surface area contributed by atoms with Crippen molar-refractivity contribution in [2.75, 3.05) is 0 Å². The molecule has 0 spiro atoms. The van der Waals surface area contributed by atoms with Crippen LogP contribution in [0.2, 0.25) is 0 Å². The lowest BCUT2D eigenvalue weighted by Gasteiger charge is -2.13. The third-order valence-corrected chi connectivity index (χ3v) is 3.23. The summed E-state index contributed by atoms with van der Waals surface area (Å²) in [6, 6.07) is 4.74. The van der Waals surface area contributed by atoms with Gasteiger partial charge in [-0.2, -0.15) is 0 Å². The summed E-state index contributed by atoms with van der Waals surface area (Å²) in [5.41, 5.74) is 1.92. The lowest BCUT2D eigenvalue weighted by atomic mass is 10.0. The minimum atomic E-state index is -1.03. The minimum Gasteiger partial charge on any atom is -0.480 e. The molecule has 17 heavy (non-hydrogen) atoms. The SMILES string of the molecule is CC(=O)NC(Cc1ccc(Br)c(C)c1)C(=O)O. The van der Waals surface area contributed by atoms with Gasteiger partial charge in [0.05, 0.1) is 0 Å². The molecular formula is C12H14BrNO3. The second-order valence-electron chi connectivity index (χ2n) is 3.88. The summed E-state index contributed by atoms with van der Waals surface area (Å²) in [4.78, 5) is 21.9. The molecule has 5 heteroatoms. The highest BCUT2D eigenvalue weighted by Crippen LogP contribution is 2.18. The normalized spacial score (nSPS) is 11.9. The maximum atomic E-state index is 11.0. The minimum absolute atomic E-state index is 0.281. The standard InChI is InChI=1S/C12H14BrNO3/c1-7-5-9(3-4-10(7)13)6-11(12(16)17)14-8(2)15/h3-5,11H,6H2,1-2H3,(H,14,15)(H,16,17). The van der Waals surface area contributed by atoms with Gasteiger partial charge in [0, 0.05) is 17.8 Å². The molecule has 1 aromatic carbocycles. The van der Waals surface area contributed by atoms with Crippen LogP contribution in [0, 0.1) is 6.92 Å². The quantitative estimate of drug-likeness (QED) is 0.892. The highest BCUT2D eigenvalue weighted by Gasteiger charge is 2.18. The van der Waals surface area contributed by atoms with E-state index in [1.807, 2.05) is 25.1 Å². The molecule has 1 aromatic rings. The second kappa shape index (κ2) is 5.82. The van der Waals surface area contributed by atoms with Crippen molar-refractivity contribution in [2.45, 2.75) is 26.3 Å². The fourth-order valence-corrected chi connectivity index (χ4v) is 1.76. The average Bonchev–Trinajstić information content (AvgIpc) is 2.21. The molecule has 1 amide bonds. The van der Waals surface area contributed by atoms with Crippen molar-refractivity contribution in [1.29, 1.82) is 0 Å². The Kier molecular flexibility index (Phi) is 4.69. The Balaban J connectivity index is 2.82. The number of carboxylic acids is 1. The first-order valence-electron chi connectivity index (χ1n) is 5.15. The van der Waals surface area contributed by atoms with Gasteiger partial charge in [0.15, 0.2) is 0 Å². The molecule has 0 heterocycles. The van der Waals surface area contributed by atoms with Gasteiger partial charge in [-0.1, -0.05) is 28.1 Å². The summed E-state index contributed by atoms with van der Waals surface area (Å²) < 4.78 is 0.979. The van der Waals surface area contributed by atoms with E-state index >= 15 is 0 Å². The third kappa shape index (κ3) is 4.19. The Morgan fingerprint density at radius 2 is 2.12 bits per heavy atom. The summed E-state index contributed by atoms with van der Waals surface area (Å²) in [6.45, 7) is 3.24. The van der Waals surface area contributed by atoms with Crippen molar-refractivity contribution in [1.82, 2.24) is 5.32 Å². The molecule has 1 atom stereocenters. The Labute approximate surface area is 108 Å². The average molecular weight is 300 g/mol. The number of carbonyl (C=O) groups excluding carboxylic acids is 1. The van der Waals surface area contributed by atoms with Crippen LogP contribution in [0.5, 0.6) is 0 Å². The lowest BCUT2D eigenvalue weighted by Crippen LogP contribution is -2.41. The van der Waals surface area contributed by atoms with Crippen LogP contribution in [-0.2, 0) is 16.0 Å². The molecule has 0 radical (unpaired) electrons. The number of carbonyl (C=O) groups is 2. The molecule has 0 aliphatic carbocycles. The van der Waals surface area contributed by atoms with Crippen LogP contribution in [0.25, 0.3) is 0 Å². The summed E-state index contributed by atoms with van der Waals surface area (Å²) in [5, 5.41) is 11.4. The molecule has 92 valence electrons. The number of halogens is 1. The van der Waals surface area contributed by atoms with Gasteiger partial charge in [0.25, 0.3) is 0 Å². The summed E-state index contributed by atoms with van der Waals surface area (Å²) in [5.74, 6) is -1.37. The van der Waals surface area contributed by atoms with E-state index in [1.165, 1.54) is 6.92 Å². The molecule has 0 aliphatic rings. The largest absolute Gasteiger partial charge is 0.480 e. The zero-order valence-electron chi connectivity index (χ0n) is 9.66. The molecule has 0 bridgehead atoms. The molecule has 0 saturated carbocycles. The first-order valence-corrected chi connectivity index (χ1v) is 5.94. The maximum Gasteiger partial charge on any atom is 0.326 e. The Hall–Kier alpha value is -1.36. The van der Waals surface area contributed by atoms with E-state index in [9.17, 15) is 9.59 Å². The van der Waals surface area contributed by atoms with Gasteiger partial charge in [-0.3, -0.25) is 4.79 Å². The Morgan fingerprint density at radius 3 is 2.59 bits per heavy atom. The number of benzene rings is 1. The first kappa shape index (κ1) is 13.7. The fraction of sp³-hybridized carbons (Fsp3) is 0.333. The zero-order valence-corrected chi connectivity index (χ0v) is 11.2. The van der Waals surface area contributed by atoms with E-state index in [4.69, 9.17) is 5.11 Å². The van der Waals surface area contributed by atoms with Gasteiger partial charge in [0.1, 0.15) is 6.04 Å². The van der Waals surface area contributed by atoms with Crippen LogP contribution in [0.1, 0.15) is 18.1 Å². The number of amides is 1. The van der Waals surface area contributed by atoms with Gasteiger partial charge >= 0.3 is 5.97 Å². The number of aliphatic carboxylic acids is 1. The van der Waals surface area contributed by atoms with Gasteiger partial charge in [-0.15, -0.1) is 0 Å². The second-order valence-corrected chi connectivity index (χ2v) is 4.73. The molecule has 0 saturated heterocycles. The van der Waals surface area contributed by atoms with Crippen molar-refractivity contribution in [2.24, 2.45) is 0 Å². The molecule has 4 nitrogen and oxygen atoms in total. The Bertz CT molecular complexity index is 445. The molecule has 1 unspecified atom stereocenters. The number of hydrogen-bond acceptors (Lipinski definition) is 2. The van der Waals surface area contributed by atoms with Gasteiger partial charge in [0.2, 0.25) is 5.91 Å². The van der Waals surface area contributed by atoms with Gasteiger partial charge < -0.3 is 10.4 Å². The van der Waals surface area contributed by atoms with Crippen molar-refractivity contribution < 1.29 is 14.7 Å². The highest BCUT2D eigenvalue weighted by molar-refractivity contribution is 9.10. The van der Waals surface area contributed by atoms with Crippen LogP contribution in [-0.4, -0.2) is 23.0 Å². The van der Waals surface area contributed by atoms with Crippen LogP contribution >= 0.6 is 15.9 Å². The van der Waals surface area contributed by atoms with E-state index in [0.717, 1.165) is 15.6 Å². The fourth-order valence-electron chi connectivity index (χ4n) is 1.51. The van der Waals surface area contributed by atoms with E-state index in [1.54, 1.807) is 0 Å². The van der Waals surface area contributed by atoms with Crippen LogP contribution in [0.4, 0.5) is 0 Å².